The number of carbonyl (C=O) groups is 1. The molecule has 2 fully saturated rings. The summed E-state index contributed by atoms with van der Waals surface area (Å²) in [5.41, 5.74) is 1.12. The van der Waals surface area contributed by atoms with E-state index in [1.165, 1.54) is 4.57 Å². The number of rotatable bonds is 11. The lowest BCUT2D eigenvalue weighted by Crippen LogP contribution is -2.38. The molecule has 0 radical (unpaired) electrons. The van der Waals surface area contributed by atoms with Crippen LogP contribution in [-0.4, -0.2) is 83.3 Å². The molecule has 1 saturated heterocycles. The van der Waals surface area contributed by atoms with Gasteiger partial charge in [0.15, 0.2) is 5.82 Å². The molecular formula is C30H41F2N7O2. The Morgan fingerprint density at radius 3 is 2.54 bits per heavy atom. The van der Waals surface area contributed by atoms with E-state index < -0.39 is 6.43 Å². The first-order chi connectivity index (χ1) is 19.9. The number of morpholine rings is 1. The van der Waals surface area contributed by atoms with Crippen LogP contribution in [0.25, 0.3) is 16.9 Å². The van der Waals surface area contributed by atoms with Gasteiger partial charge in [-0.3, -0.25) is 9.36 Å². The molecule has 3 aromatic rings. The number of carbonyl (C=O) groups excluding carboxylic acids is 1. The maximum Gasteiger partial charge on any atom is 0.296 e. The number of aromatic nitrogens is 4. The second-order valence-electron chi connectivity index (χ2n) is 11.4. The van der Waals surface area contributed by atoms with Crippen LogP contribution in [-0.2, 0) is 16.0 Å². The summed E-state index contributed by atoms with van der Waals surface area (Å²) < 4.78 is 35.2. The lowest BCUT2D eigenvalue weighted by molar-refractivity contribution is -0.122. The molecule has 2 aliphatic rings. The molecule has 222 valence electrons. The van der Waals surface area contributed by atoms with Crippen molar-refractivity contribution in [3.63, 3.8) is 0 Å². The van der Waals surface area contributed by atoms with Crippen LogP contribution < -0.4 is 10.2 Å². The van der Waals surface area contributed by atoms with Gasteiger partial charge in [-0.1, -0.05) is 18.6 Å². The summed E-state index contributed by atoms with van der Waals surface area (Å²) in [6.07, 6.45) is 4.65. The molecule has 1 amide bonds. The summed E-state index contributed by atoms with van der Waals surface area (Å²) in [5.74, 6) is 2.24. The smallest absolute Gasteiger partial charge is 0.296 e. The summed E-state index contributed by atoms with van der Waals surface area (Å²) in [5, 5.41) is 3.20. The number of hydrogen-bond acceptors (Lipinski definition) is 7. The van der Waals surface area contributed by atoms with Crippen molar-refractivity contribution in [2.24, 2.45) is 5.92 Å². The van der Waals surface area contributed by atoms with Gasteiger partial charge >= 0.3 is 0 Å². The number of benzene rings is 1. The standard InChI is InChI=1S/C30H41F2N7O2/c1-37(2)15-14-28(40)33-22-12-10-21(11-13-22)6-5-9-25-35-26(38-16-18-41-19-17-38)20-27(36-25)39-24-8-4-3-7-23(24)34-30(39)29(31)32/h3-4,7-8,20-22,29H,5-6,9-19H2,1-2H3,(H,33,40). The van der Waals surface area contributed by atoms with E-state index in [0.29, 0.717) is 67.7 Å². The van der Waals surface area contributed by atoms with Gasteiger partial charge in [-0.25, -0.2) is 23.7 Å². The Morgan fingerprint density at radius 2 is 1.80 bits per heavy atom. The van der Waals surface area contributed by atoms with Crippen LogP contribution in [0.15, 0.2) is 30.3 Å². The van der Waals surface area contributed by atoms with Crippen LogP contribution in [0.5, 0.6) is 0 Å². The van der Waals surface area contributed by atoms with Crippen LogP contribution in [0.2, 0.25) is 0 Å². The SMILES string of the molecule is CN(C)CCC(=O)NC1CCC(CCCc2nc(N3CCOCC3)cc(-n3c(C(F)F)nc4ccccc43)n2)CC1. The Bertz CT molecular complexity index is 1300. The van der Waals surface area contributed by atoms with E-state index in [2.05, 4.69) is 15.2 Å². The van der Waals surface area contributed by atoms with Gasteiger partial charge in [0.05, 0.1) is 24.2 Å². The molecule has 0 bridgehead atoms. The molecule has 0 atom stereocenters. The fraction of sp³-hybridized carbons (Fsp3) is 0.600. The Kier molecular flexibility index (Phi) is 9.76. The van der Waals surface area contributed by atoms with Crippen molar-refractivity contribution in [1.82, 2.24) is 29.7 Å². The van der Waals surface area contributed by atoms with E-state index in [9.17, 15) is 13.6 Å². The second kappa shape index (κ2) is 13.7. The number of alkyl halides is 2. The monoisotopic (exact) mass is 569 g/mol. The topological polar surface area (TPSA) is 88.4 Å². The molecule has 1 N–H and O–H groups in total. The maximum absolute atomic E-state index is 14.1. The van der Waals surface area contributed by atoms with Crippen molar-refractivity contribution in [3.05, 3.63) is 42.0 Å². The quantitative estimate of drug-likeness (QED) is 0.363. The summed E-state index contributed by atoms with van der Waals surface area (Å²) in [6.45, 7) is 3.35. The van der Waals surface area contributed by atoms with Crippen LogP contribution >= 0.6 is 0 Å². The molecule has 41 heavy (non-hydrogen) atoms. The summed E-state index contributed by atoms with van der Waals surface area (Å²) in [6, 6.07) is 9.23. The van der Waals surface area contributed by atoms with E-state index in [1.807, 2.05) is 25.1 Å². The molecule has 1 aromatic carbocycles. The Hall–Kier alpha value is -3.18. The van der Waals surface area contributed by atoms with Gasteiger partial charge in [0.25, 0.3) is 6.43 Å². The van der Waals surface area contributed by atoms with Gasteiger partial charge in [-0.15, -0.1) is 0 Å². The fourth-order valence-corrected chi connectivity index (χ4v) is 5.85. The van der Waals surface area contributed by atoms with Crippen LogP contribution in [0.3, 0.4) is 0 Å². The zero-order valence-electron chi connectivity index (χ0n) is 24.1. The predicted octanol–water partition coefficient (Wildman–Crippen LogP) is 4.54. The van der Waals surface area contributed by atoms with Crippen LogP contribution in [0.4, 0.5) is 14.6 Å². The predicted molar refractivity (Wildman–Crippen MR) is 155 cm³/mol. The van der Waals surface area contributed by atoms with Crippen LogP contribution in [0.1, 0.15) is 63.0 Å². The average molecular weight is 570 g/mol. The number of anilines is 1. The van der Waals surface area contributed by atoms with E-state index in [-0.39, 0.29) is 17.8 Å². The highest BCUT2D eigenvalue weighted by Crippen LogP contribution is 2.30. The molecule has 0 spiro atoms. The summed E-state index contributed by atoms with van der Waals surface area (Å²) >= 11 is 0. The second-order valence-corrected chi connectivity index (χ2v) is 11.4. The van der Waals surface area contributed by atoms with Crippen molar-refractivity contribution in [1.29, 1.82) is 0 Å². The van der Waals surface area contributed by atoms with E-state index >= 15 is 0 Å². The Balaban J connectivity index is 1.26. The van der Waals surface area contributed by atoms with Crippen LogP contribution in [0, 0.1) is 5.92 Å². The summed E-state index contributed by atoms with van der Waals surface area (Å²) in [4.78, 5) is 30.2. The molecular weight excluding hydrogens is 528 g/mol. The highest BCUT2D eigenvalue weighted by atomic mass is 19.3. The van der Waals surface area contributed by atoms with Crippen molar-refractivity contribution in [2.45, 2.75) is 63.8 Å². The number of ether oxygens (including phenoxy) is 1. The minimum absolute atomic E-state index is 0.135. The van der Waals surface area contributed by atoms with Gasteiger partial charge in [-0.2, -0.15) is 0 Å². The van der Waals surface area contributed by atoms with E-state index in [0.717, 1.165) is 50.9 Å². The molecule has 0 unspecified atom stereocenters. The zero-order valence-corrected chi connectivity index (χ0v) is 24.1. The van der Waals surface area contributed by atoms with Gasteiger partial charge in [-0.05, 0) is 64.3 Å². The maximum atomic E-state index is 14.1. The minimum atomic E-state index is -2.74. The number of halogens is 2. The Morgan fingerprint density at radius 1 is 1.07 bits per heavy atom. The van der Waals surface area contributed by atoms with Gasteiger partial charge in [0, 0.05) is 44.6 Å². The number of nitrogens with zero attached hydrogens (tertiary/aromatic N) is 6. The summed E-state index contributed by atoms with van der Waals surface area (Å²) in [7, 11) is 3.95. The molecule has 1 aliphatic carbocycles. The Labute approximate surface area is 240 Å². The zero-order chi connectivity index (χ0) is 28.8. The fourth-order valence-electron chi connectivity index (χ4n) is 5.85. The number of imidazole rings is 1. The number of nitrogens with one attached hydrogen (secondary N) is 1. The highest BCUT2D eigenvalue weighted by molar-refractivity contribution is 5.78. The first-order valence-electron chi connectivity index (χ1n) is 14.8. The number of amides is 1. The lowest BCUT2D eigenvalue weighted by atomic mass is 9.83. The first-order valence-corrected chi connectivity index (χ1v) is 14.8. The molecule has 3 heterocycles. The van der Waals surface area contributed by atoms with Crippen molar-refractivity contribution in [3.8, 4) is 5.82 Å². The third-order valence-corrected chi connectivity index (χ3v) is 8.10. The molecule has 5 rings (SSSR count). The normalized spacial score (nSPS) is 19.8. The van der Waals surface area contributed by atoms with Gasteiger partial charge in [0.1, 0.15) is 17.5 Å². The molecule has 9 nitrogen and oxygen atoms in total. The first kappa shape index (κ1) is 29.3. The molecule has 11 heteroatoms. The van der Waals surface area contributed by atoms with E-state index in [4.69, 9.17) is 14.7 Å². The number of aryl methyl sites for hydroxylation is 1. The third-order valence-electron chi connectivity index (χ3n) is 8.10. The van der Waals surface area contributed by atoms with Gasteiger partial charge < -0.3 is 19.9 Å². The molecule has 1 aliphatic heterocycles. The molecule has 1 saturated carbocycles. The van der Waals surface area contributed by atoms with Gasteiger partial charge in [0.2, 0.25) is 5.91 Å². The van der Waals surface area contributed by atoms with E-state index in [1.54, 1.807) is 24.3 Å². The number of fused-ring (bicyclic) bond motifs is 1. The molecule has 2 aromatic heterocycles. The van der Waals surface area contributed by atoms with Crippen molar-refractivity contribution >= 4 is 22.8 Å². The minimum Gasteiger partial charge on any atom is -0.378 e. The lowest BCUT2D eigenvalue weighted by Gasteiger charge is -2.29. The highest BCUT2D eigenvalue weighted by Gasteiger charge is 2.25. The van der Waals surface area contributed by atoms with Crippen molar-refractivity contribution in [2.75, 3.05) is 51.8 Å². The van der Waals surface area contributed by atoms with Crippen molar-refractivity contribution < 1.29 is 18.3 Å². The number of para-hydroxylation sites is 2. The number of hydrogen-bond donors (Lipinski definition) is 1. The largest absolute Gasteiger partial charge is 0.378 e. The average Bonchev–Trinajstić information content (AvgIpc) is 3.38. The third kappa shape index (κ3) is 7.56.